The maximum Gasteiger partial charge on any atom is 0.146 e. The Balaban J connectivity index is 2.62. The number of para-hydroxylation sites is 2. The molecule has 0 aliphatic rings. The van der Waals surface area contributed by atoms with Crippen molar-refractivity contribution in [1.82, 2.24) is 0 Å². The van der Waals surface area contributed by atoms with Crippen LogP contribution in [0.25, 0.3) is 0 Å². The minimum Gasteiger partial charge on any atom is -0.334 e. The summed E-state index contributed by atoms with van der Waals surface area (Å²) in [5.41, 5.74) is 2.60. The quantitative estimate of drug-likeness (QED) is 0.726. The van der Waals surface area contributed by atoms with Gasteiger partial charge in [0.15, 0.2) is 0 Å². The minimum absolute atomic E-state index is 0.194. The van der Waals surface area contributed by atoms with Crippen molar-refractivity contribution >= 4 is 11.4 Å². The number of benzene rings is 2. The maximum atomic E-state index is 14.1. The van der Waals surface area contributed by atoms with Gasteiger partial charge in [0.2, 0.25) is 0 Å². The summed E-state index contributed by atoms with van der Waals surface area (Å²) in [6.07, 6.45) is 0. The molecule has 0 saturated heterocycles. The van der Waals surface area contributed by atoms with Crippen LogP contribution in [0.5, 0.6) is 0 Å². The second-order valence-electron chi connectivity index (χ2n) is 5.74. The first-order chi connectivity index (χ1) is 8.91. The molecule has 0 saturated carbocycles. The standard InChI is InChI=1S/C17H20FN/c1-13-9-5-7-11-15(13)19(17(2,3)4)16-12-8-6-10-14(16)18/h5-12H,1-4H3. The highest BCUT2D eigenvalue weighted by Crippen LogP contribution is 2.36. The van der Waals surface area contributed by atoms with Crippen molar-refractivity contribution in [3.63, 3.8) is 0 Å². The maximum absolute atomic E-state index is 14.1. The molecule has 0 aliphatic heterocycles. The normalized spacial score (nSPS) is 11.4. The summed E-state index contributed by atoms with van der Waals surface area (Å²) in [5.74, 6) is -0.194. The zero-order valence-corrected chi connectivity index (χ0v) is 11.9. The fraction of sp³-hybridized carbons (Fsp3) is 0.294. The van der Waals surface area contributed by atoms with E-state index in [4.69, 9.17) is 0 Å². The van der Waals surface area contributed by atoms with Crippen molar-refractivity contribution in [2.24, 2.45) is 0 Å². The third kappa shape index (κ3) is 2.78. The molecule has 100 valence electrons. The van der Waals surface area contributed by atoms with Gasteiger partial charge >= 0.3 is 0 Å². The largest absolute Gasteiger partial charge is 0.334 e. The monoisotopic (exact) mass is 257 g/mol. The van der Waals surface area contributed by atoms with Crippen molar-refractivity contribution in [3.8, 4) is 0 Å². The minimum atomic E-state index is -0.200. The van der Waals surface area contributed by atoms with Crippen molar-refractivity contribution in [3.05, 3.63) is 59.9 Å². The van der Waals surface area contributed by atoms with Crippen LogP contribution < -0.4 is 4.90 Å². The second-order valence-corrected chi connectivity index (χ2v) is 5.74. The summed E-state index contributed by atoms with van der Waals surface area (Å²) >= 11 is 0. The number of hydrogen-bond acceptors (Lipinski definition) is 1. The average Bonchev–Trinajstić information content (AvgIpc) is 2.33. The molecule has 2 rings (SSSR count). The Morgan fingerprint density at radius 3 is 1.89 bits per heavy atom. The zero-order chi connectivity index (χ0) is 14.0. The first-order valence-electron chi connectivity index (χ1n) is 6.51. The van der Waals surface area contributed by atoms with Crippen LogP contribution in [0.3, 0.4) is 0 Å². The van der Waals surface area contributed by atoms with Crippen LogP contribution in [0.1, 0.15) is 26.3 Å². The molecule has 0 amide bonds. The molecule has 2 heteroatoms. The van der Waals surface area contributed by atoms with Gasteiger partial charge in [-0.1, -0.05) is 30.3 Å². The van der Waals surface area contributed by atoms with E-state index in [-0.39, 0.29) is 11.4 Å². The first kappa shape index (κ1) is 13.6. The summed E-state index contributed by atoms with van der Waals surface area (Å²) in [6, 6.07) is 15.0. The van der Waals surface area contributed by atoms with Crippen molar-refractivity contribution in [1.29, 1.82) is 0 Å². The molecular weight excluding hydrogens is 237 g/mol. The van der Waals surface area contributed by atoms with Crippen LogP contribution in [0.2, 0.25) is 0 Å². The molecule has 0 radical (unpaired) electrons. The first-order valence-corrected chi connectivity index (χ1v) is 6.51. The Bertz CT molecular complexity index is 524. The Hall–Kier alpha value is -1.83. The lowest BCUT2D eigenvalue weighted by atomic mass is 10.0. The average molecular weight is 257 g/mol. The Morgan fingerprint density at radius 2 is 1.37 bits per heavy atom. The third-order valence-corrected chi connectivity index (χ3v) is 3.12. The van der Waals surface area contributed by atoms with Crippen LogP contribution in [0.4, 0.5) is 15.8 Å². The predicted octanol–water partition coefficient (Wildman–Crippen LogP) is 5.07. The number of hydrogen-bond donors (Lipinski definition) is 0. The topological polar surface area (TPSA) is 3.24 Å². The molecular formula is C17H20FN. The highest BCUT2D eigenvalue weighted by molar-refractivity contribution is 5.68. The Kier molecular flexibility index (Phi) is 3.61. The fourth-order valence-corrected chi connectivity index (χ4v) is 2.30. The number of nitrogens with zero attached hydrogens (tertiary/aromatic N) is 1. The van der Waals surface area contributed by atoms with Crippen molar-refractivity contribution < 1.29 is 4.39 Å². The highest BCUT2D eigenvalue weighted by Gasteiger charge is 2.26. The van der Waals surface area contributed by atoms with E-state index in [1.165, 1.54) is 6.07 Å². The summed E-state index contributed by atoms with van der Waals surface area (Å²) in [5, 5.41) is 0. The molecule has 0 aliphatic carbocycles. The highest BCUT2D eigenvalue weighted by atomic mass is 19.1. The van der Waals surface area contributed by atoms with Gasteiger partial charge < -0.3 is 4.90 Å². The summed E-state index contributed by atoms with van der Waals surface area (Å²) in [4.78, 5) is 2.05. The molecule has 0 fully saturated rings. The van der Waals surface area contributed by atoms with Gasteiger partial charge in [0.05, 0.1) is 5.69 Å². The van der Waals surface area contributed by atoms with E-state index in [0.29, 0.717) is 5.69 Å². The Labute approximate surface area is 114 Å². The second kappa shape index (κ2) is 5.04. The van der Waals surface area contributed by atoms with Crippen LogP contribution >= 0.6 is 0 Å². The predicted molar refractivity (Wildman–Crippen MR) is 79.5 cm³/mol. The lowest BCUT2D eigenvalue weighted by molar-refractivity contribution is 0.540. The molecule has 0 atom stereocenters. The lowest BCUT2D eigenvalue weighted by Crippen LogP contribution is -2.38. The van der Waals surface area contributed by atoms with E-state index in [1.807, 2.05) is 30.3 Å². The molecule has 2 aromatic rings. The van der Waals surface area contributed by atoms with Crippen molar-refractivity contribution in [2.45, 2.75) is 33.2 Å². The molecule has 19 heavy (non-hydrogen) atoms. The summed E-state index contributed by atoms with van der Waals surface area (Å²) in [7, 11) is 0. The van der Waals surface area contributed by atoms with Crippen LogP contribution in [0, 0.1) is 12.7 Å². The van der Waals surface area contributed by atoms with E-state index in [1.54, 1.807) is 6.07 Å². The van der Waals surface area contributed by atoms with Gasteiger partial charge in [-0.05, 0) is 51.5 Å². The number of aryl methyl sites for hydroxylation is 1. The number of anilines is 2. The third-order valence-electron chi connectivity index (χ3n) is 3.12. The van der Waals surface area contributed by atoms with Gasteiger partial charge in [-0.2, -0.15) is 0 Å². The van der Waals surface area contributed by atoms with Gasteiger partial charge in [-0.15, -0.1) is 0 Å². The van der Waals surface area contributed by atoms with E-state index < -0.39 is 0 Å². The molecule has 0 unspecified atom stereocenters. The summed E-state index contributed by atoms with van der Waals surface area (Å²) in [6.45, 7) is 8.32. The van der Waals surface area contributed by atoms with Gasteiger partial charge in [0, 0.05) is 11.2 Å². The molecule has 2 aromatic carbocycles. The van der Waals surface area contributed by atoms with Gasteiger partial charge in [-0.25, -0.2) is 4.39 Å². The smallest absolute Gasteiger partial charge is 0.146 e. The molecule has 0 aromatic heterocycles. The van der Waals surface area contributed by atoms with Crippen LogP contribution in [-0.4, -0.2) is 5.54 Å². The Morgan fingerprint density at radius 1 is 0.842 bits per heavy atom. The number of halogens is 1. The van der Waals surface area contributed by atoms with E-state index in [2.05, 4.69) is 38.7 Å². The molecule has 0 spiro atoms. The van der Waals surface area contributed by atoms with Gasteiger partial charge in [0.25, 0.3) is 0 Å². The van der Waals surface area contributed by atoms with Crippen LogP contribution in [0.15, 0.2) is 48.5 Å². The molecule has 0 N–H and O–H groups in total. The zero-order valence-electron chi connectivity index (χ0n) is 11.9. The number of rotatable bonds is 2. The molecule has 1 nitrogen and oxygen atoms in total. The van der Waals surface area contributed by atoms with E-state index in [9.17, 15) is 4.39 Å². The van der Waals surface area contributed by atoms with Gasteiger partial charge in [-0.3, -0.25) is 0 Å². The van der Waals surface area contributed by atoms with Crippen LogP contribution in [-0.2, 0) is 0 Å². The fourth-order valence-electron chi connectivity index (χ4n) is 2.30. The molecule has 0 heterocycles. The van der Waals surface area contributed by atoms with E-state index >= 15 is 0 Å². The van der Waals surface area contributed by atoms with Gasteiger partial charge in [0.1, 0.15) is 5.82 Å². The van der Waals surface area contributed by atoms with E-state index in [0.717, 1.165) is 11.3 Å². The van der Waals surface area contributed by atoms with Crippen molar-refractivity contribution in [2.75, 3.05) is 4.90 Å². The summed E-state index contributed by atoms with van der Waals surface area (Å²) < 4.78 is 14.1. The lowest BCUT2D eigenvalue weighted by Gasteiger charge is -2.38. The SMILES string of the molecule is Cc1ccccc1N(c1ccccc1F)C(C)(C)C. The molecule has 0 bridgehead atoms.